The molecule has 0 unspecified atom stereocenters. The molecule has 0 aliphatic carbocycles. The van der Waals surface area contributed by atoms with E-state index in [1.165, 1.54) is 0 Å². The average Bonchev–Trinajstić information content (AvgIpc) is 2.18. The summed E-state index contributed by atoms with van der Waals surface area (Å²) in [4.78, 5) is 12.5. The van der Waals surface area contributed by atoms with Gasteiger partial charge in [0.25, 0.3) is 0 Å². The van der Waals surface area contributed by atoms with Crippen LogP contribution in [0.2, 0.25) is 0 Å². The molecular weight excluding hydrogens is 310 g/mol. The SMILES string of the molecule is Brc1cc(Br)nc(-c2cccnc2)n1. The van der Waals surface area contributed by atoms with Gasteiger partial charge in [-0.2, -0.15) is 0 Å². The fourth-order valence-electron chi connectivity index (χ4n) is 1.01. The third-order valence-corrected chi connectivity index (χ3v) is 2.40. The van der Waals surface area contributed by atoms with E-state index in [-0.39, 0.29) is 0 Å². The molecule has 0 fully saturated rings. The van der Waals surface area contributed by atoms with Gasteiger partial charge < -0.3 is 0 Å². The van der Waals surface area contributed by atoms with Crippen molar-refractivity contribution in [1.82, 2.24) is 15.0 Å². The smallest absolute Gasteiger partial charge is 0.163 e. The highest BCUT2D eigenvalue weighted by atomic mass is 79.9. The molecule has 2 rings (SSSR count). The van der Waals surface area contributed by atoms with Gasteiger partial charge in [-0.05, 0) is 44.0 Å². The van der Waals surface area contributed by atoms with Crippen molar-refractivity contribution >= 4 is 31.9 Å². The van der Waals surface area contributed by atoms with Gasteiger partial charge in [0, 0.05) is 24.0 Å². The Bertz CT molecular complexity index is 425. The Morgan fingerprint density at radius 3 is 2.36 bits per heavy atom. The fourth-order valence-corrected chi connectivity index (χ4v) is 2.09. The largest absolute Gasteiger partial charge is 0.264 e. The van der Waals surface area contributed by atoms with Crippen LogP contribution in [-0.4, -0.2) is 15.0 Å². The van der Waals surface area contributed by atoms with Crippen molar-refractivity contribution in [3.05, 3.63) is 39.8 Å². The number of aromatic nitrogens is 3. The molecule has 0 aliphatic heterocycles. The van der Waals surface area contributed by atoms with Crippen molar-refractivity contribution in [3.63, 3.8) is 0 Å². The fraction of sp³-hybridized carbons (Fsp3) is 0. The van der Waals surface area contributed by atoms with Crippen LogP contribution in [0.3, 0.4) is 0 Å². The van der Waals surface area contributed by atoms with Crippen LogP contribution in [-0.2, 0) is 0 Å². The van der Waals surface area contributed by atoms with Crippen LogP contribution in [0.25, 0.3) is 11.4 Å². The lowest BCUT2D eigenvalue weighted by atomic mass is 10.3. The zero-order valence-electron chi connectivity index (χ0n) is 6.98. The highest BCUT2D eigenvalue weighted by molar-refractivity contribution is 9.11. The van der Waals surface area contributed by atoms with Gasteiger partial charge in [-0.15, -0.1) is 0 Å². The maximum absolute atomic E-state index is 4.24. The Hall–Kier alpha value is -0.810. The van der Waals surface area contributed by atoms with Gasteiger partial charge >= 0.3 is 0 Å². The highest BCUT2D eigenvalue weighted by Crippen LogP contribution is 2.19. The van der Waals surface area contributed by atoms with Crippen LogP contribution in [0.15, 0.2) is 39.8 Å². The number of rotatable bonds is 1. The molecule has 2 heterocycles. The van der Waals surface area contributed by atoms with E-state index in [1.807, 2.05) is 12.1 Å². The molecule has 14 heavy (non-hydrogen) atoms. The lowest BCUT2D eigenvalue weighted by Crippen LogP contribution is -1.90. The van der Waals surface area contributed by atoms with Crippen molar-refractivity contribution in [1.29, 1.82) is 0 Å². The highest BCUT2D eigenvalue weighted by Gasteiger charge is 2.03. The van der Waals surface area contributed by atoms with Gasteiger partial charge in [-0.3, -0.25) is 4.98 Å². The summed E-state index contributed by atoms with van der Waals surface area (Å²) in [6.45, 7) is 0. The lowest BCUT2D eigenvalue weighted by molar-refractivity contribution is 1.11. The van der Waals surface area contributed by atoms with Crippen LogP contribution in [0.1, 0.15) is 0 Å². The normalized spacial score (nSPS) is 10.1. The average molecular weight is 315 g/mol. The molecule has 0 atom stereocenters. The maximum atomic E-state index is 4.24. The summed E-state index contributed by atoms with van der Waals surface area (Å²) in [5.41, 5.74) is 0.898. The van der Waals surface area contributed by atoms with E-state index in [1.54, 1.807) is 18.5 Å². The third kappa shape index (κ3) is 2.16. The van der Waals surface area contributed by atoms with Crippen molar-refractivity contribution in [2.45, 2.75) is 0 Å². The molecule has 0 amide bonds. The minimum absolute atomic E-state index is 0.652. The molecule has 0 spiro atoms. The number of halogens is 2. The topological polar surface area (TPSA) is 38.7 Å². The van der Waals surface area contributed by atoms with E-state index < -0.39 is 0 Å². The molecular formula is C9H5Br2N3. The van der Waals surface area contributed by atoms with Crippen LogP contribution in [0.4, 0.5) is 0 Å². The Balaban J connectivity index is 2.52. The van der Waals surface area contributed by atoms with Crippen molar-refractivity contribution in [2.75, 3.05) is 0 Å². The lowest BCUT2D eigenvalue weighted by Gasteiger charge is -2.00. The van der Waals surface area contributed by atoms with Crippen molar-refractivity contribution < 1.29 is 0 Å². The van der Waals surface area contributed by atoms with E-state index >= 15 is 0 Å². The van der Waals surface area contributed by atoms with E-state index in [0.29, 0.717) is 5.82 Å². The van der Waals surface area contributed by atoms with Gasteiger partial charge in [0.1, 0.15) is 9.21 Å². The Morgan fingerprint density at radius 1 is 1.07 bits per heavy atom. The summed E-state index contributed by atoms with van der Waals surface area (Å²) in [7, 11) is 0. The van der Waals surface area contributed by atoms with E-state index in [2.05, 4.69) is 46.8 Å². The monoisotopic (exact) mass is 313 g/mol. The van der Waals surface area contributed by atoms with Crippen molar-refractivity contribution in [2.24, 2.45) is 0 Å². The molecule has 2 aromatic rings. The molecule has 0 bridgehead atoms. The molecule has 2 aromatic heterocycles. The summed E-state index contributed by atoms with van der Waals surface area (Å²) >= 11 is 6.62. The molecule has 0 saturated carbocycles. The van der Waals surface area contributed by atoms with Gasteiger partial charge in [0.15, 0.2) is 5.82 Å². The predicted octanol–water partition coefficient (Wildman–Crippen LogP) is 3.06. The molecule has 0 aliphatic rings. The van der Waals surface area contributed by atoms with Crippen LogP contribution >= 0.6 is 31.9 Å². The molecule has 0 radical (unpaired) electrons. The summed E-state index contributed by atoms with van der Waals surface area (Å²) < 4.78 is 1.50. The second-order valence-electron chi connectivity index (χ2n) is 2.58. The Labute approximate surface area is 97.9 Å². The molecule has 0 aromatic carbocycles. The minimum Gasteiger partial charge on any atom is -0.264 e. The first-order valence-corrected chi connectivity index (χ1v) is 5.45. The molecule has 0 N–H and O–H groups in total. The molecule has 5 heteroatoms. The first-order chi connectivity index (χ1) is 6.75. The van der Waals surface area contributed by atoms with E-state index in [4.69, 9.17) is 0 Å². The summed E-state index contributed by atoms with van der Waals surface area (Å²) in [5.74, 6) is 0.652. The predicted molar refractivity (Wildman–Crippen MR) is 60.7 cm³/mol. The summed E-state index contributed by atoms with van der Waals surface area (Å²) in [5, 5.41) is 0. The number of nitrogens with zero attached hydrogens (tertiary/aromatic N) is 3. The molecule has 0 saturated heterocycles. The van der Waals surface area contributed by atoms with E-state index in [9.17, 15) is 0 Å². The molecule has 70 valence electrons. The minimum atomic E-state index is 0.652. The van der Waals surface area contributed by atoms with Gasteiger partial charge in [-0.1, -0.05) is 0 Å². The Kier molecular flexibility index (Phi) is 2.88. The zero-order valence-corrected chi connectivity index (χ0v) is 10.2. The van der Waals surface area contributed by atoms with Crippen LogP contribution in [0.5, 0.6) is 0 Å². The van der Waals surface area contributed by atoms with Crippen LogP contribution in [0, 0.1) is 0 Å². The number of pyridine rings is 1. The number of hydrogen-bond acceptors (Lipinski definition) is 3. The van der Waals surface area contributed by atoms with E-state index in [0.717, 1.165) is 14.8 Å². The third-order valence-electron chi connectivity index (χ3n) is 1.58. The summed E-state index contributed by atoms with van der Waals surface area (Å²) in [6.07, 6.45) is 3.45. The maximum Gasteiger partial charge on any atom is 0.163 e. The second kappa shape index (κ2) is 4.14. The summed E-state index contributed by atoms with van der Waals surface area (Å²) in [6, 6.07) is 5.56. The Morgan fingerprint density at radius 2 is 1.79 bits per heavy atom. The number of hydrogen-bond donors (Lipinski definition) is 0. The van der Waals surface area contributed by atoms with Gasteiger partial charge in [0.05, 0.1) is 0 Å². The van der Waals surface area contributed by atoms with Crippen molar-refractivity contribution in [3.8, 4) is 11.4 Å². The quantitative estimate of drug-likeness (QED) is 0.759. The van der Waals surface area contributed by atoms with Gasteiger partial charge in [0.2, 0.25) is 0 Å². The molecule has 3 nitrogen and oxygen atoms in total. The first kappa shape index (κ1) is 9.73. The van der Waals surface area contributed by atoms with Gasteiger partial charge in [-0.25, -0.2) is 9.97 Å². The standard InChI is InChI=1S/C9H5Br2N3/c10-7-4-8(11)14-9(13-7)6-2-1-3-12-5-6/h1-5H. The zero-order chi connectivity index (χ0) is 9.97. The first-order valence-electron chi connectivity index (χ1n) is 3.86. The second-order valence-corrected chi connectivity index (χ2v) is 4.20. The van der Waals surface area contributed by atoms with Crippen LogP contribution < -0.4 is 0 Å².